The van der Waals surface area contributed by atoms with E-state index in [4.69, 9.17) is 10.0 Å². The number of rotatable bonds is 1. The first-order valence-electron chi connectivity index (χ1n) is 4.45. The zero-order valence-corrected chi connectivity index (χ0v) is 8.04. The first-order valence-corrected chi connectivity index (χ1v) is 4.45. The van der Waals surface area contributed by atoms with E-state index in [1.165, 1.54) is 0 Å². The summed E-state index contributed by atoms with van der Waals surface area (Å²) in [6.45, 7) is 5.89. The molecule has 3 heteroatoms. The molecule has 1 rings (SSSR count). The Hall–Kier alpha value is -0.535. The molecule has 0 aliphatic heterocycles. The summed E-state index contributed by atoms with van der Waals surface area (Å²) in [4.78, 5) is 0. The highest BCUT2D eigenvalue weighted by molar-refractivity contribution is 6.52. The fraction of sp³-hybridized carbons (Fsp3) is 0.556. The van der Waals surface area contributed by atoms with E-state index in [9.17, 15) is 0 Å². The molecule has 0 amide bonds. The van der Waals surface area contributed by atoms with E-state index in [0.29, 0.717) is 5.47 Å². The Labute approximate surface area is 74.8 Å². The molecule has 2 N–H and O–H groups in total. The maximum atomic E-state index is 8.79. The van der Waals surface area contributed by atoms with Gasteiger partial charge in [0.2, 0.25) is 0 Å². The Bertz CT molecular complexity index is 183. The van der Waals surface area contributed by atoms with Gasteiger partial charge in [0.05, 0.1) is 0 Å². The van der Waals surface area contributed by atoms with Crippen molar-refractivity contribution in [1.29, 1.82) is 0 Å². The van der Waals surface area contributed by atoms with Gasteiger partial charge in [0.25, 0.3) is 0 Å². The molecule has 68 valence electrons. The summed E-state index contributed by atoms with van der Waals surface area (Å²) in [6.07, 6.45) is 5.83. The van der Waals surface area contributed by atoms with E-state index >= 15 is 0 Å². The summed E-state index contributed by atoms with van der Waals surface area (Å²) < 4.78 is 0. The highest BCUT2D eigenvalue weighted by Crippen LogP contribution is 2.18. The predicted molar refractivity (Wildman–Crippen MR) is 52.6 cm³/mol. The summed E-state index contributed by atoms with van der Waals surface area (Å²) in [5, 5.41) is 17.6. The van der Waals surface area contributed by atoms with Crippen LogP contribution in [0.25, 0.3) is 0 Å². The predicted octanol–water partition coefficient (Wildman–Crippen LogP) is 1.69. The van der Waals surface area contributed by atoms with Gasteiger partial charge in [-0.15, -0.1) is 0 Å². The third-order valence-electron chi connectivity index (χ3n) is 1.71. The van der Waals surface area contributed by atoms with Gasteiger partial charge < -0.3 is 10.0 Å². The van der Waals surface area contributed by atoms with Crippen LogP contribution in [0, 0.1) is 0 Å². The van der Waals surface area contributed by atoms with Gasteiger partial charge in [-0.1, -0.05) is 31.6 Å². The van der Waals surface area contributed by atoms with Crippen LogP contribution in [0.1, 0.15) is 33.6 Å². The molecule has 0 unspecified atom stereocenters. The Morgan fingerprint density at radius 2 is 1.67 bits per heavy atom. The quantitative estimate of drug-likeness (QED) is 0.585. The normalized spacial score (nSPS) is 15.4. The molecule has 12 heavy (non-hydrogen) atoms. The van der Waals surface area contributed by atoms with Crippen molar-refractivity contribution >= 4 is 7.12 Å². The third-order valence-corrected chi connectivity index (χ3v) is 1.71. The average molecular weight is 168 g/mol. The van der Waals surface area contributed by atoms with Crippen LogP contribution in [0.2, 0.25) is 0 Å². The summed E-state index contributed by atoms with van der Waals surface area (Å²) >= 11 is 0. The minimum atomic E-state index is -1.29. The van der Waals surface area contributed by atoms with Gasteiger partial charge in [-0.25, -0.2) is 0 Å². The first kappa shape index (κ1) is 11.5. The molecule has 0 aromatic rings. The highest BCUT2D eigenvalue weighted by Gasteiger charge is 2.16. The largest absolute Gasteiger partial charge is 0.488 e. The molecule has 0 atom stereocenters. The topological polar surface area (TPSA) is 40.5 Å². The molecule has 0 radical (unpaired) electrons. The van der Waals surface area contributed by atoms with Crippen LogP contribution in [-0.2, 0) is 0 Å². The maximum absolute atomic E-state index is 8.79. The molecule has 0 heterocycles. The number of hydrogen-bond acceptors (Lipinski definition) is 2. The molecular formula is C9H17BO2. The summed E-state index contributed by atoms with van der Waals surface area (Å²) in [6, 6.07) is 0. The second-order valence-electron chi connectivity index (χ2n) is 2.50. The van der Waals surface area contributed by atoms with Crippen LogP contribution in [0.3, 0.4) is 0 Å². The second kappa shape index (κ2) is 6.03. The molecule has 0 saturated carbocycles. The molecule has 0 bridgehead atoms. The van der Waals surface area contributed by atoms with E-state index in [-0.39, 0.29) is 0 Å². The van der Waals surface area contributed by atoms with Gasteiger partial charge in [0.1, 0.15) is 0 Å². The van der Waals surface area contributed by atoms with Gasteiger partial charge in [-0.2, -0.15) is 0 Å². The van der Waals surface area contributed by atoms with Gasteiger partial charge in [-0.3, -0.25) is 0 Å². The van der Waals surface area contributed by atoms with E-state index in [1.54, 1.807) is 0 Å². The zero-order valence-electron chi connectivity index (χ0n) is 8.04. The Morgan fingerprint density at radius 1 is 1.17 bits per heavy atom. The molecule has 0 saturated heterocycles. The highest BCUT2D eigenvalue weighted by atomic mass is 16.4. The fourth-order valence-electron chi connectivity index (χ4n) is 1.13. The average Bonchev–Trinajstić information content (AvgIpc) is 2.08. The SMILES string of the molecule is CC.CC1=CCCC=C1B(O)O. The lowest BCUT2D eigenvalue weighted by atomic mass is 9.73. The second-order valence-corrected chi connectivity index (χ2v) is 2.50. The molecule has 0 spiro atoms. The van der Waals surface area contributed by atoms with Crippen LogP contribution in [-0.4, -0.2) is 17.2 Å². The van der Waals surface area contributed by atoms with Crippen LogP contribution in [0.15, 0.2) is 23.2 Å². The molecule has 0 aromatic heterocycles. The number of hydrogen-bond donors (Lipinski definition) is 2. The van der Waals surface area contributed by atoms with Crippen molar-refractivity contribution < 1.29 is 10.0 Å². The lowest BCUT2D eigenvalue weighted by Crippen LogP contribution is -2.17. The smallest absolute Gasteiger partial charge is 0.423 e. The zero-order chi connectivity index (χ0) is 9.56. The van der Waals surface area contributed by atoms with E-state index in [1.807, 2.05) is 32.9 Å². The van der Waals surface area contributed by atoms with Gasteiger partial charge >= 0.3 is 7.12 Å². The van der Waals surface area contributed by atoms with Crippen LogP contribution < -0.4 is 0 Å². The van der Waals surface area contributed by atoms with E-state index < -0.39 is 7.12 Å². The van der Waals surface area contributed by atoms with Crippen LogP contribution in [0.5, 0.6) is 0 Å². The molecular weight excluding hydrogens is 151 g/mol. The number of allylic oxidation sites excluding steroid dienone is 4. The van der Waals surface area contributed by atoms with E-state index in [2.05, 4.69) is 0 Å². The molecule has 1 aliphatic carbocycles. The first-order chi connectivity index (χ1) is 5.72. The minimum Gasteiger partial charge on any atom is -0.423 e. The van der Waals surface area contributed by atoms with Gasteiger partial charge in [0.15, 0.2) is 0 Å². The van der Waals surface area contributed by atoms with Crippen molar-refractivity contribution in [2.75, 3.05) is 0 Å². The standard InChI is InChI=1S/C7H11BO2.C2H6/c1-6-4-2-3-5-7(6)8(9)10;1-2/h4-5,9-10H,2-3H2,1H3;1-2H3. The Morgan fingerprint density at radius 3 is 2.00 bits per heavy atom. The monoisotopic (exact) mass is 168 g/mol. The maximum Gasteiger partial charge on any atom is 0.488 e. The van der Waals surface area contributed by atoms with Crippen molar-refractivity contribution in [2.24, 2.45) is 0 Å². The molecule has 1 aliphatic rings. The minimum absolute atomic E-state index is 0.659. The van der Waals surface area contributed by atoms with Crippen LogP contribution >= 0.6 is 0 Å². The van der Waals surface area contributed by atoms with Crippen molar-refractivity contribution in [1.82, 2.24) is 0 Å². The van der Waals surface area contributed by atoms with Crippen LogP contribution in [0.4, 0.5) is 0 Å². The van der Waals surface area contributed by atoms with Crippen molar-refractivity contribution in [2.45, 2.75) is 33.6 Å². The van der Waals surface area contributed by atoms with Crippen molar-refractivity contribution in [3.63, 3.8) is 0 Å². The third kappa shape index (κ3) is 3.24. The lowest BCUT2D eigenvalue weighted by Gasteiger charge is -2.10. The van der Waals surface area contributed by atoms with Gasteiger partial charge in [0, 0.05) is 0 Å². The summed E-state index contributed by atoms with van der Waals surface area (Å²) in [7, 11) is -1.29. The lowest BCUT2D eigenvalue weighted by molar-refractivity contribution is 0.419. The molecule has 0 fully saturated rings. The summed E-state index contributed by atoms with van der Waals surface area (Å²) in [5.41, 5.74) is 1.65. The molecule has 2 nitrogen and oxygen atoms in total. The molecule has 0 aromatic carbocycles. The van der Waals surface area contributed by atoms with E-state index in [0.717, 1.165) is 18.4 Å². The Kier molecular flexibility index (Phi) is 5.76. The fourth-order valence-corrected chi connectivity index (χ4v) is 1.13. The van der Waals surface area contributed by atoms with Gasteiger partial charge in [-0.05, 0) is 25.2 Å². The summed E-state index contributed by atoms with van der Waals surface area (Å²) in [5.74, 6) is 0. The Balaban J connectivity index is 0.000000561. The van der Waals surface area contributed by atoms with Crippen molar-refractivity contribution in [3.05, 3.63) is 23.2 Å². The van der Waals surface area contributed by atoms with Crippen molar-refractivity contribution in [3.8, 4) is 0 Å².